The van der Waals surface area contributed by atoms with E-state index >= 15 is 0 Å². The number of hydrogen-bond donors (Lipinski definition) is 0. The zero-order valence-corrected chi connectivity index (χ0v) is 17.1. The number of aryl methyl sites for hydroxylation is 2. The summed E-state index contributed by atoms with van der Waals surface area (Å²) in [5.74, 6) is 0.691. The molecular formula is C25H21ClO3. The highest BCUT2D eigenvalue weighted by Gasteiger charge is 2.15. The van der Waals surface area contributed by atoms with Crippen molar-refractivity contribution in [1.82, 2.24) is 0 Å². The molecule has 0 N–H and O–H groups in total. The number of fused-ring (bicyclic) bond motifs is 1. The molecule has 0 spiro atoms. The van der Waals surface area contributed by atoms with Crippen LogP contribution in [0.3, 0.4) is 0 Å². The fourth-order valence-electron chi connectivity index (χ4n) is 3.52. The summed E-state index contributed by atoms with van der Waals surface area (Å²) in [6.45, 7) is 4.28. The lowest BCUT2D eigenvalue weighted by molar-refractivity contribution is 0.304. The Morgan fingerprint density at radius 2 is 1.66 bits per heavy atom. The maximum atomic E-state index is 12.7. The van der Waals surface area contributed by atoms with Gasteiger partial charge in [0.25, 0.3) is 0 Å². The molecule has 3 nitrogen and oxygen atoms in total. The highest BCUT2D eigenvalue weighted by molar-refractivity contribution is 6.30. The molecule has 4 aromatic rings. The summed E-state index contributed by atoms with van der Waals surface area (Å²) >= 11 is 6.04. The maximum Gasteiger partial charge on any atom is 0.340 e. The van der Waals surface area contributed by atoms with Crippen LogP contribution in [0, 0.1) is 13.8 Å². The van der Waals surface area contributed by atoms with E-state index in [0.717, 1.165) is 27.6 Å². The van der Waals surface area contributed by atoms with Gasteiger partial charge in [-0.3, -0.25) is 0 Å². The molecule has 0 radical (unpaired) electrons. The minimum absolute atomic E-state index is 0.297. The van der Waals surface area contributed by atoms with Gasteiger partial charge in [-0.05, 0) is 54.8 Å². The van der Waals surface area contributed by atoms with E-state index in [1.165, 1.54) is 0 Å². The van der Waals surface area contributed by atoms with E-state index in [-0.39, 0.29) is 5.63 Å². The van der Waals surface area contributed by atoms with Crippen LogP contribution in [0.5, 0.6) is 5.75 Å². The first-order valence-electron chi connectivity index (χ1n) is 9.50. The van der Waals surface area contributed by atoms with Crippen molar-refractivity contribution in [3.63, 3.8) is 0 Å². The van der Waals surface area contributed by atoms with E-state index in [0.29, 0.717) is 34.9 Å². The molecule has 0 bridgehead atoms. The van der Waals surface area contributed by atoms with Gasteiger partial charge in [0.15, 0.2) is 0 Å². The molecule has 0 unspecified atom stereocenters. The molecule has 29 heavy (non-hydrogen) atoms. The van der Waals surface area contributed by atoms with E-state index in [9.17, 15) is 4.79 Å². The Morgan fingerprint density at radius 3 is 2.41 bits per heavy atom. The highest BCUT2D eigenvalue weighted by atomic mass is 35.5. The first-order chi connectivity index (χ1) is 14.0. The third-order valence-electron chi connectivity index (χ3n) is 5.16. The summed E-state index contributed by atoms with van der Waals surface area (Å²) in [5, 5.41) is 1.61. The van der Waals surface area contributed by atoms with Gasteiger partial charge in [-0.25, -0.2) is 4.79 Å². The van der Waals surface area contributed by atoms with Gasteiger partial charge in [0.2, 0.25) is 0 Å². The molecule has 4 heteroatoms. The van der Waals surface area contributed by atoms with Gasteiger partial charge in [0.05, 0.1) is 0 Å². The first kappa shape index (κ1) is 19.3. The van der Waals surface area contributed by atoms with Crippen molar-refractivity contribution >= 4 is 22.6 Å². The van der Waals surface area contributed by atoms with Crippen LogP contribution >= 0.6 is 11.6 Å². The average molecular weight is 405 g/mol. The number of rotatable bonds is 5. The Morgan fingerprint density at radius 1 is 0.897 bits per heavy atom. The molecule has 3 aromatic carbocycles. The van der Waals surface area contributed by atoms with Crippen molar-refractivity contribution in [2.24, 2.45) is 0 Å². The second-order valence-corrected chi connectivity index (χ2v) is 7.58. The number of ether oxygens (including phenoxy) is 1. The average Bonchev–Trinajstić information content (AvgIpc) is 2.72. The Kier molecular flexibility index (Phi) is 5.41. The van der Waals surface area contributed by atoms with Gasteiger partial charge < -0.3 is 9.15 Å². The molecule has 146 valence electrons. The molecule has 0 aliphatic carbocycles. The summed E-state index contributed by atoms with van der Waals surface area (Å²) < 4.78 is 11.7. The van der Waals surface area contributed by atoms with Crippen LogP contribution in [0.15, 0.2) is 75.9 Å². The molecule has 0 atom stereocenters. The minimum atomic E-state index is -0.297. The first-order valence-corrected chi connectivity index (χ1v) is 9.88. The molecule has 0 amide bonds. The van der Waals surface area contributed by atoms with Crippen molar-refractivity contribution in [2.75, 3.05) is 0 Å². The number of benzene rings is 3. The fourth-order valence-corrected chi connectivity index (χ4v) is 3.73. The van der Waals surface area contributed by atoms with E-state index in [1.54, 1.807) is 0 Å². The van der Waals surface area contributed by atoms with Gasteiger partial charge in [-0.2, -0.15) is 0 Å². The summed E-state index contributed by atoms with van der Waals surface area (Å²) in [7, 11) is 0. The van der Waals surface area contributed by atoms with Gasteiger partial charge in [0, 0.05) is 28.0 Å². The van der Waals surface area contributed by atoms with Gasteiger partial charge >= 0.3 is 5.63 Å². The Balaban J connectivity index is 1.68. The lowest BCUT2D eigenvalue weighted by Gasteiger charge is -2.13. The molecule has 0 fully saturated rings. The summed E-state index contributed by atoms with van der Waals surface area (Å²) in [4.78, 5) is 12.7. The quantitative estimate of drug-likeness (QED) is 0.370. The van der Waals surface area contributed by atoms with E-state index in [1.807, 2.05) is 80.6 Å². The monoisotopic (exact) mass is 404 g/mol. The highest BCUT2D eigenvalue weighted by Crippen LogP contribution is 2.30. The van der Waals surface area contributed by atoms with Crippen molar-refractivity contribution < 1.29 is 9.15 Å². The predicted octanol–water partition coefficient (Wildman–Crippen LogP) is 6.23. The standard InChI is InChI=1S/C25H21ClO3/c1-16-21-11-12-23(28-15-19-9-6-10-20(26)13-19)17(2)24(21)29-25(27)22(16)14-18-7-4-3-5-8-18/h3-13H,14-15H2,1-2H3. The largest absolute Gasteiger partial charge is 0.488 e. The van der Waals surface area contributed by atoms with E-state index < -0.39 is 0 Å². The van der Waals surface area contributed by atoms with Gasteiger partial charge in [0.1, 0.15) is 17.9 Å². The van der Waals surface area contributed by atoms with Gasteiger partial charge in [-0.15, -0.1) is 0 Å². The Labute approximate surface area is 174 Å². The van der Waals surface area contributed by atoms with Crippen molar-refractivity contribution in [3.8, 4) is 5.75 Å². The second kappa shape index (κ2) is 8.14. The molecule has 0 saturated heterocycles. The summed E-state index contributed by atoms with van der Waals surface area (Å²) in [6, 6.07) is 21.4. The number of hydrogen-bond acceptors (Lipinski definition) is 3. The van der Waals surface area contributed by atoms with Gasteiger partial charge in [-0.1, -0.05) is 54.1 Å². The third-order valence-corrected chi connectivity index (χ3v) is 5.40. The zero-order valence-electron chi connectivity index (χ0n) is 16.4. The molecule has 4 rings (SSSR count). The lowest BCUT2D eigenvalue weighted by atomic mass is 9.98. The zero-order chi connectivity index (χ0) is 20.4. The number of halogens is 1. The molecule has 1 heterocycles. The molecule has 0 aliphatic heterocycles. The van der Waals surface area contributed by atoms with Crippen LogP contribution in [0.2, 0.25) is 5.02 Å². The molecule has 0 saturated carbocycles. The van der Waals surface area contributed by atoms with Crippen LogP contribution in [-0.4, -0.2) is 0 Å². The molecular weight excluding hydrogens is 384 g/mol. The molecule has 1 aromatic heterocycles. The fraction of sp³-hybridized carbons (Fsp3) is 0.160. The smallest absolute Gasteiger partial charge is 0.340 e. The van der Waals surface area contributed by atoms with Crippen molar-refractivity contribution in [1.29, 1.82) is 0 Å². The lowest BCUT2D eigenvalue weighted by Crippen LogP contribution is -2.11. The SMILES string of the molecule is Cc1c(Cc2ccccc2)c(=O)oc2c(C)c(OCc3cccc(Cl)c3)ccc12. The topological polar surface area (TPSA) is 39.4 Å². The van der Waals surface area contributed by atoms with Crippen LogP contribution in [0.25, 0.3) is 11.0 Å². The van der Waals surface area contributed by atoms with Crippen LogP contribution < -0.4 is 10.4 Å². The van der Waals surface area contributed by atoms with Crippen molar-refractivity contribution in [3.05, 3.63) is 110 Å². The third kappa shape index (κ3) is 4.06. The predicted molar refractivity (Wildman–Crippen MR) is 117 cm³/mol. The van der Waals surface area contributed by atoms with E-state index in [4.69, 9.17) is 20.8 Å². The second-order valence-electron chi connectivity index (χ2n) is 7.14. The van der Waals surface area contributed by atoms with Crippen LogP contribution in [0.1, 0.15) is 27.8 Å². The van der Waals surface area contributed by atoms with Crippen LogP contribution in [-0.2, 0) is 13.0 Å². The maximum absolute atomic E-state index is 12.7. The summed E-state index contributed by atoms with van der Waals surface area (Å²) in [6.07, 6.45) is 0.553. The normalized spacial score (nSPS) is 11.0. The van der Waals surface area contributed by atoms with Crippen LogP contribution in [0.4, 0.5) is 0 Å². The Hall–Kier alpha value is -3.04. The Bertz CT molecular complexity index is 1230. The molecule has 0 aliphatic rings. The summed E-state index contributed by atoms with van der Waals surface area (Å²) in [5.41, 5.74) is 4.80. The van der Waals surface area contributed by atoms with E-state index in [2.05, 4.69) is 0 Å². The minimum Gasteiger partial charge on any atom is -0.488 e. The van der Waals surface area contributed by atoms with Crippen molar-refractivity contribution in [2.45, 2.75) is 26.9 Å².